The summed E-state index contributed by atoms with van der Waals surface area (Å²) in [6, 6.07) is 13.3. The normalized spacial score (nSPS) is 18.8. The fourth-order valence-electron chi connectivity index (χ4n) is 5.65. The average molecular weight is 459 g/mol. The maximum Gasteiger partial charge on any atom is 0.123 e. The molecule has 5 rings (SSSR count). The molecule has 0 aliphatic heterocycles. The Balaban J connectivity index is 1.48. The van der Waals surface area contributed by atoms with E-state index in [0.717, 1.165) is 54.2 Å². The van der Waals surface area contributed by atoms with Crippen LogP contribution in [0.3, 0.4) is 0 Å². The SMILES string of the molecule is CCCCC1(N(C)C)CC=C(c2[nH]c3ccc(F)cc3c2CCn2cnc3ccccc32)CC1. The number of unbranched alkanes of at least 4 members (excludes halogenated alkanes) is 1. The maximum absolute atomic E-state index is 14.2. The number of aromatic amines is 1. The third kappa shape index (κ3) is 4.18. The third-order valence-electron chi connectivity index (χ3n) is 7.85. The molecule has 1 atom stereocenters. The van der Waals surface area contributed by atoms with E-state index in [2.05, 4.69) is 58.7 Å². The second-order valence-corrected chi connectivity index (χ2v) is 10.0. The minimum Gasteiger partial charge on any atom is -0.355 e. The summed E-state index contributed by atoms with van der Waals surface area (Å²) in [5.41, 5.74) is 7.17. The highest BCUT2D eigenvalue weighted by atomic mass is 19.1. The van der Waals surface area contributed by atoms with Crippen molar-refractivity contribution in [1.29, 1.82) is 0 Å². The molecule has 0 amide bonds. The third-order valence-corrected chi connectivity index (χ3v) is 7.85. The lowest BCUT2D eigenvalue weighted by atomic mass is 9.77. The van der Waals surface area contributed by atoms with E-state index < -0.39 is 0 Å². The molecular formula is C29H35FN4. The van der Waals surface area contributed by atoms with Gasteiger partial charge in [-0.3, -0.25) is 0 Å². The van der Waals surface area contributed by atoms with Gasteiger partial charge in [0.25, 0.3) is 0 Å². The van der Waals surface area contributed by atoms with E-state index in [0.29, 0.717) is 0 Å². The van der Waals surface area contributed by atoms with Crippen LogP contribution in [0.5, 0.6) is 0 Å². The minimum absolute atomic E-state index is 0.184. The zero-order chi connectivity index (χ0) is 23.7. The van der Waals surface area contributed by atoms with Crippen LogP contribution in [0.25, 0.3) is 27.5 Å². The Morgan fingerprint density at radius 1 is 1.18 bits per heavy atom. The number of aromatic nitrogens is 3. The molecule has 34 heavy (non-hydrogen) atoms. The van der Waals surface area contributed by atoms with Gasteiger partial charge in [-0.15, -0.1) is 0 Å². The molecule has 5 heteroatoms. The molecule has 178 valence electrons. The van der Waals surface area contributed by atoms with E-state index in [1.807, 2.05) is 24.5 Å². The van der Waals surface area contributed by atoms with E-state index >= 15 is 0 Å². The molecular weight excluding hydrogens is 423 g/mol. The minimum atomic E-state index is -0.184. The highest BCUT2D eigenvalue weighted by Gasteiger charge is 2.34. The molecule has 0 bridgehead atoms. The standard InChI is InChI=1S/C29H35FN4/c1-4-5-15-29(33(2)3)16-12-21(13-17-29)28-23(24-19-22(30)10-11-25(24)32-28)14-18-34-20-31-26-8-6-7-9-27(26)34/h6-12,19-20,32H,4-5,13-18H2,1-3H3. The molecule has 4 nitrogen and oxygen atoms in total. The summed E-state index contributed by atoms with van der Waals surface area (Å²) in [6.07, 6.45) is 12.2. The molecule has 4 aromatic rings. The summed E-state index contributed by atoms with van der Waals surface area (Å²) in [5.74, 6) is -0.184. The Bertz CT molecular complexity index is 1330. The van der Waals surface area contributed by atoms with Crippen molar-refractivity contribution in [3.05, 3.63) is 71.9 Å². The van der Waals surface area contributed by atoms with Crippen molar-refractivity contribution < 1.29 is 4.39 Å². The molecule has 1 N–H and O–H groups in total. The van der Waals surface area contributed by atoms with Crippen LogP contribution >= 0.6 is 0 Å². The van der Waals surface area contributed by atoms with Gasteiger partial charge < -0.3 is 14.5 Å². The Hall–Kier alpha value is -2.92. The number of nitrogens with one attached hydrogen (secondary N) is 1. The van der Waals surface area contributed by atoms with Gasteiger partial charge >= 0.3 is 0 Å². The van der Waals surface area contributed by atoms with Crippen LogP contribution in [0.2, 0.25) is 0 Å². The van der Waals surface area contributed by atoms with Crippen molar-refractivity contribution in [3.8, 4) is 0 Å². The molecule has 2 aromatic heterocycles. The maximum atomic E-state index is 14.2. The summed E-state index contributed by atoms with van der Waals surface area (Å²) in [5, 5.41) is 0.996. The number of hydrogen-bond acceptors (Lipinski definition) is 2. The molecule has 0 spiro atoms. The first-order valence-corrected chi connectivity index (χ1v) is 12.6. The number of halogens is 1. The van der Waals surface area contributed by atoms with Crippen LogP contribution in [0.4, 0.5) is 4.39 Å². The number of hydrogen-bond donors (Lipinski definition) is 1. The zero-order valence-electron chi connectivity index (χ0n) is 20.6. The van der Waals surface area contributed by atoms with E-state index in [-0.39, 0.29) is 11.4 Å². The first kappa shape index (κ1) is 22.9. The van der Waals surface area contributed by atoms with Gasteiger partial charge in [0.15, 0.2) is 0 Å². The predicted molar refractivity (Wildman–Crippen MR) is 139 cm³/mol. The molecule has 2 heterocycles. The van der Waals surface area contributed by atoms with Crippen molar-refractivity contribution >= 4 is 27.5 Å². The molecule has 1 aliphatic carbocycles. The van der Waals surface area contributed by atoms with Gasteiger partial charge in [0, 0.05) is 28.7 Å². The number of imidazole rings is 1. The van der Waals surface area contributed by atoms with E-state index in [4.69, 9.17) is 0 Å². The van der Waals surface area contributed by atoms with Crippen LogP contribution in [-0.2, 0) is 13.0 Å². The van der Waals surface area contributed by atoms with Crippen molar-refractivity contribution in [2.24, 2.45) is 0 Å². The van der Waals surface area contributed by atoms with Crippen molar-refractivity contribution in [2.45, 2.75) is 64.0 Å². The number of para-hydroxylation sites is 2. The van der Waals surface area contributed by atoms with Gasteiger partial charge in [0.2, 0.25) is 0 Å². The molecule has 1 unspecified atom stereocenters. The number of fused-ring (bicyclic) bond motifs is 2. The summed E-state index contributed by atoms with van der Waals surface area (Å²) in [7, 11) is 4.45. The van der Waals surface area contributed by atoms with Crippen LogP contribution in [0.1, 0.15) is 56.7 Å². The number of benzene rings is 2. The van der Waals surface area contributed by atoms with Crippen LogP contribution < -0.4 is 0 Å². The lowest BCUT2D eigenvalue weighted by Gasteiger charge is -2.42. The number of allylic oxidation sites excluding steroid dienone is 1. The van der Waals surface area contributed by atoms with Gasteiger partial charge in [-0.1, -0.05) is 38.0 Å². The molecule has 0 saturated heterocycles. The Labute approximate surface area is 201 Å². The van der Waals surface area contributed by atoms with E-state index in [9.17, 15) is 4.39 Å². The first-order valence-electron chi connectivity index (χ1n) is 12.6. The lowest BCUT2D eigenvalue weighted by Crippen LogP contribution is -2.45. The van der Waals surface area contributed by atoms with Crippen molar-refractivity contribution in [1.82, 2.24) is 19.4 Å². The largest absolute Gasteiger partial charge is 0.355 e. The molecule has 0 saturated carbocycles. The second-order valence-electron chi connectivity index (χ2n) is 10.0. The highest BCUT2D eigenvalue weighted by Crippen LogP contribution is 2.41. The highest BCUT2D eigenvalue weighted by molar-refractivity contribution is 5.89. The van der Waals surface area contributed by atoms with Gasteiger partial charge in [0.05, 0.1) is 17.4 Å². The Morgan fingerprint density at radius 2 is 2.03 bits per heavy atom. The average Bonchev–Trinajstić information content (AvgIpc) is 3.42. The Kier molecular flexibility index (Phi) is 6.30. The quantitative estimate of drug-likeness (QED) is 0.310. The Morgan fingerprint density at radius 3 is 2.79 bits per heavy atom. The van der Waals surface area contributed by atoms with Gasteiger partial charge in [-0.2, -0.15) is 0 Å². The fourth-order valence-corrected chi connectivity index (χ4v) is 5.65. The summed E-state index contributed by atoms with van der Waals surface area (Å²) < 4.78 is 16.5. The summed E-state index contributed by atoms with van der Waals surface area (Å²) >= 11 is 0. The monoisotopic (exact) mass is 458 g/mol. The molecule has 0 radical (unpaired) electrons. The van der Waals surface area contributed by atoms with Gasteiger partial charge in [-0.25, -0.2) is 9.37 Å². The molecule has 0 fully saturated rings. The van der Waals surface area contributed by atoms with Crippen molar-refractivity contribution in [3.63, 3.8) is 0 Å². The number of aryl methyl sites for hydroxylation is 2. The zero-order valence-corrected chi connectivity index (χ0v) is 20.6. The van der Waals surface area contributed by atoms with Gasteiger partial charge in [0.1, 0.15) is 5.82 Å². The molecule has 1 aliphatic rings. The second kappa shape index (κ2) is 9.38. The number of nitrogens with zero attached hydrogens (tertiary/aromatic N) is 3. The number of H-pyrrole nitrogens is 1. The van der Waals surface area contributed by atoms with Crippen LogP contribution in [-0.4, -0.2) is 39.1 Å². The lowest BCUT2D eigenvalue weighted by molar-refractivity contribution is 0.124. The van der Waals surface area contributed by atoms with E-state index in [1.165, 1.54) is 36.1 Å². The topological polar surface area (TPSA) is 36.9 Å². The first-order chi connectivity index (χ1) is 16.5. The van der Waals surface area contributed by atoms with E-state index in [1.54, 1.807) is 12.1 Å². The predicted octanol–water partition coefficient (Wildman–Crippen LogP) is 6.96. The summed E-state index contributed by atoms with van der Waals surface area (Å²) in [6.45, 7) is 3.08. The molecule has 2 aromatic carbocycles. The smallest absolute Gasteiger partial charge is 0.123 e. The van der Waals surface area contributed by atoms with Crippen LogP contribution in [0, 0.1) is 5.82 Å². The number of rotatable bonds is 8. The summed E-state index contributed by atoms with van der Waals surface area (Å²) in [4.78, 5) is 10.6. The fraction of sp³-hybridized carbons (Fsp3) is 0.414. The van der Waals surface area contributed by atoms with Crippen molar-refractivity contribution in [2.75, 3.05) is 14.1 Å². The van der Waals surface area contributed by atoms with Gasteiger partial charge in [-0.05, 0) is 87.7 Å². The van der Waals surface area contributed by atoms with Crippen LogP contribution in [0.15, 0.2) is 54.9 Å².